The van der Waals surface area contributed by atoms with Crippen LogP contribution in [0.1, 0.15) is 36.6 Å². The predicted molar refractivity (Wildman–Crippen MR) is 110 cm³/mol. The lowest BCUT2D eigenvalue weighted by Crippen LogP contribution is -2.32. The Morgan fingerprint density at radius 3 is 2.36 bits per heavy atom. The zero-order valence-corrected chi connectivity index (χ0v) is 17.2. The van der Waals surface area contributed by atoms with Crippen LogP contribution in [0.25, 0.3) is 0 Å². The van der Waals surface area contributed by atoms with Gasteiger partial charge in [0, 0.05) is 38.1 Å². The lowest BCUT2D eigenvalue weighted by molar-refractivity contribution is 0.0642. The van der Waals surface area contributed by atoms with Crippen LogP contribution in [-0.4, -0.2) is 59.7 Å². The summed E-state index contributed by atoms with van der Waals surface area (Å²) >= 11 is 0. The third-order valence-corrected chi connectivity index (χ3v) is 4.35. The van der Waals surface area contributed by atoms with E-state index in [0.717, 1.165) is 5.56 Å². The summed E-state index contributed by atoms with van der Waals surface area (Å²) < 4.78 is 0. The number of fused-ring (bicyclic) bond motifs is 1. The number of amides is 3. The van der Waals surface area contributed by atoms with Crippen LogP contribution < -0.4 is 5.32 Å². The van der Waals surface area contributed by atoms with Crippen LogP contribution in [0.5, 0.6) is 0 Å². The number of benzene rings is 1. The number of carbonyl (C=O) groups is 3. The Labute approximate surface area is 175 Å². The van der Waals surface area contributed by atoms with Gasteiger partial charge in [-0.1, -0.05) is 0 Å². The second kappa shape index (κ2) is 10.2. The molecule has 3 amide bonds. The average molecular weight is 425 g/mol. The van der Waals surface area contributed by atoms with Gasteiger partial charge < -0.3 is 10.2 Å². The molecular weight excluding hydrogens is 403 g/mol. The van der Waals surface area contributed by atoms with Crippen molar-refractivity contribution < 1.29 is 14.4 Å². The normalized spacial score (nSPS) is 12.1. The van der Waals surface area contributed by atoms with Gasteiger partial charge in [-0.25, -0.2) is 0 Å². The SMILES string of the molecule is CNCCN(C)C(=O)c1ccc2c(c1)C(=O)N(Cc1ccncc1)C2=O.Cl.Cl. The maximum absolute atomic E-state index is 12.7. The van der Waals surface area contributed by atoms with E-state index in [0.29, 0.717) is 24.2 Å². The molecule has 9 heteroatoms. The third kappa shape index (κ3) is 4.67. The fraction of sp³-hybridized carbons (Fsp3) is 0.263. The third-order valence-electron chi connectivity index (χ3n) is 4.35. The van der Waals surface area contributed by atoms with E-state index in [1.54, 1.807) is 48.6 Å². The minimum absolute atomic E-state index is 0. The number of likely N-dealkylation sites (N-methyl/N-ethyl adjacent to an activating group) is 2. The summed E-state index contributed by atoms with van der Waals surface area (Å²) in [7, 11) is 3.52. The molecule has 2 aromatic rings. The number of hydrogen-bond acceptors (Lipinski definition) is 5. The van der Waals surface area contributed by atoms with Crippen molar-refractivity contribution in [3.8, 4) is 0 Å². The molecule has 0 aliphatic carbocycles. The molecule has 2 heterocycles. The molecule has 1 aromatic heterocycles. The molecule has 0 spiro atoms. The minimum atomic E-state index is -0.380. The monoisotopic (exact) mass is 424 g/mol. The Morgan fingerprint density at radius 1 is 1.07 bits per heavy atom. The van der Waals surface area contributed by atoms with E-state index in [4.69, 9.17) is 0 Å². The number of rotatable bonds is 6. The van der Waals surface area contributed by atoms with Crippen LogP contribution in [-0.2, 0) is 6.54 Å². The molecular formula is C19H22Cl2N4O3. The van der Waals surface area contributed by atoms with E-state index in [-0.39, 0.29) is 54.6 Å². The van der Waals surface area contributed by atoms with E-state index in [1.165, 1.54) is 11.0 Å². The number of nitrogens with zero attached hydrogens (tertiary/aromatic N) is 3. The lowest BCUT2D eigenvalue weighted by atomic mass is 10.0. The summed E-state index contributed by atoms with van der Waals surface area (Å²) in [6.07, 6.45) is 3.23. The Hall–Kier alpha value is -2.48. The first-order valence-corrected chi connectivity index (χ1v) is 8.32. The van der Waals surface area contributed by atoms with Crippen LogP contribution in [0.15, 0.2) is 42.7 Å². The van der Waals surface area contributed by atoms with E-state index in [1.807, 2.05) is 7.05 Å². The Balaban J connectivity index is 0.00000196. The molecule has 1 aromatic carbocycles. The predicted octanol–water partition coefficient (Wildman–Crippen LogP) is 2.01. The van der Waals surface area contributed by atoms with Crippen molar-refractivity contribution in [2.75, 3.05) is 27.2 Å². The summed E-state index contributed by atoms with van der Waals surface area (Å²) in [5.41, 5.74) is 1.82. The van der Waals surface area contributed by atoms with Gasteiger partial charge in [0.1, 0.15) is 0 Å². The van der Waals surface area contributed by atoms with Crippen molar-refractivity contribution in [3.05, 3.63) is 65.0 Å². The van der Waals surface area contributed by atoms with Gasteiger partial charge in [-0.2, -0.15) is 0 Å². The molecule has 0 atom stereocenters. The van der Waals surface area contributed by atoms with Gasteiger partial charge in [0.05, 0.1) is 17.7 Å². The quantitative estimate of drug-likeness (QED) is 0.717. The van der Waals surface area contributed by atoms with Crippen molar-refractivity contribution in [1.29, 1.82) is 0 Å². The molecule has 1 aliphatic heterocycles. The molecule has 0 unspecified atom stereocenters. The molecule has 0 saturated heterocycles. The average Bonchev–Trinajstić information content (AvgIpc) is 2.90. The summed E-state index contributed by atoms with van der Waals surface area (Å²) in [4.78, 5) is 44.4. The second-order valence-corrected chi connectivity index (χ2v) is 6.14. The van der Waals surface area contributed by atoms with Crippen LogP contribution in [0.2, 0.25) is 0 Å². The first-order valence-electron chi connectivity index (χ1n) is 8.32. The van der Waals surface area contributed by atoms with E-state index < -0.39 is 0 Å². The minimum Gasteiger partial charge on any atom is -0.340 e. The number of hydrogen-bond donors (Lipinski definition) is 1. The van der Waals surface area contributed by atoms with Crippen LogP contribution >= 0.6 is 24.8 Å². The van der Waals surface area contributed by atoms with Gasteiger partial charge >= 0.3 is 0 Å². The first-order chi connectivity index (χ1) is 12.5. The largest absolute Gasteiger partial charge is 0.340 e. The number of imide groups is 1. The van der Waals surface area contributed by atoms with Crippen LogP contribution in [0.4, 0.5) is 0 Å². The van der Waals surface area contributed by atoms with Crippen molar-refractivity contribution >= 4 is 42.5 Å². The Morgan fingerprint density at radius 2 is 1.71 bits per heavy atom. The molecule has 1 N–H and O–H groups in total. The van der Waals surface area contributed by atoms with Crippen molar-refractivity contribution in [3.63, 3.8) is 0 Å². The first kappa shape index (κ1) is 23.6. The van der Waals surface area contributed by atoms with Crippen molar-refractivity contribution in [2.45, 2.75) is 6.54 Å². The lowest BCUT2D eigenvalue weighted by Gasteiger charge is -2.17. The van der Waals surface area contributed by atoms with Crippen LogP contribution in [0.3, 0.4) is 0 Å². The number of nitrogens with one attached hydrogen (secondary N) is 1. The van der Waals surface area contributed by atoms with Gasteiger partial charge in [0.15, 0.2) is 0 Å². The molecule has 150 valence electrons. The Bertz CT molecular complexity index is 862. The van der Waals surface area contributed by atoms with Gasteiger partial charge in [-0.15, -0.1) is 24.8 Å². The van der Waals surface area contributed by atoms with E-state index in [9.17, 15) is 14.4 Å². The smallest absolute Gasteiger partial charge is 0.261 e. The Kier molecular flexibility index (Phi) is 8.56. The summed E-state index contributed by atoms with van der Waals surface area (Å²) in [5, 5.41) is 2.98. The molecule has 0 fully saturated rings. The highest BCUT2D eigenvalue weighted by molar-refractivity contribution is 6.22. The molecule has 0 radical (unpaired) electrons. The van der Waals surface area contributed by atoms with Crippen molar-refractivity contribution in [1.82, 2.24) is 20.1 Å². The fourth-order valence-electron chi connectivity index (χ4n) is 2.84. The zero-order valence-electron chi connectivity index (χ0n) is 15.5. The van der Waals surface area contributed by atoms with E-state index in [2.05, 4.69) is 10.3 Å². The second-order valence-electron chi connectivity index (χ2n) is 6.14. The molecule has 28 heavy (non-hydrogen) atoms. The fourth-order valence-corrected chi connectivity index (χ4v) is 2.84. The van der Waals surface area contributed by atoms with Gasteiger partial charge in [0.25, 0.3) is 17.7 Å². The molecule has 7 nitrogen and oxygen atoms in total. The molecule has 1 aliphatic rings. The van der Waals surface area contributed by atoms with Crippen molar-refractivity contribution in [2.24, 2.45) is 0 Å². The van der Waals surface area contributed by atoms with Gasteiger partial charge in [-0.3, -0.25) is 24.3 Å². The highest BCUT2D eigenvalue weighted by Crippen LogP contribution is 2.26. The van der Waals surface area contributed by atoms with Gasteiger partial charge in [0.2, 0.25) is 0 Å². The standard InChI is InChI=1S/C19H20N4O3.2ClH/c1-20-9-10-22(2)17(24)14-3-4-15-16(11-14)19(26)23(18(15)25)12-13-5-7-21-8-6-13;;/h3-8,11,20H,9-10,12H2,1-2H3;2*1H. The highest BCUT2D eigenvalue weighted by atomic mass is 35.5. The number of carbonyl (C=O) groups excluding carboxylic acids is 3. The molecule has 3 rings (SSSR count). The summed E-state index contributed by atoms with van der Waals surface area (Å²) in [5.74, 6) is -0.908. The van der Waals surface area contributed by atoms with Crippen LogP contribution in [0, 0.1) is 0 Å². The molecule has 0 saturated carbocycles. The summed E-state index contributed by atoms with van der Waals surface area (Å²) in [6, 6.07) is 8.18. The maximum atomic E-state index is 12.7. The molecule has 0 bridgehead atoms. The number of pyridine rings is 1. The van der Waals surface area contributed by atoms with Gasteiger partial charge in [-0.05, 0) is 42.9 Å². The number of halogens is 2. The van der Waals surface area contributed by atoms with E-state index >= 15 is 0 Å². The zero-order chi connectivity index (χ0) is 18.7. The summed E-state index contributed by atoms with van der Waals surface area (Å²) in [6.45, 7) is 1.40. The number of aromatic nitrogens is 1. The highest BCUT2D eigenvalue weighted by Gasteiger charge is 2.36. The maximum Gasteiger partial charge on any atom is 0.261 e. The topological polar surface area (TPSA) is 82.6 Å².